The molecule has 1 atom stereocenters. The highest BCUT2D eigenvalue weighted by Crippen LogP contribution is 2.42. The van der Waals surface area contributed by atoms with Crippen molar-refractivity contribution in [1.29, 1.82) is 0 Å². The summed E-state index contributed by atoms with van der Waals surface area (Å²) in [6.07, 6.45) is 1.49. The maximum atomic E-state index is 13.1. The Balaban J connectivity index is 1.93. The number of carbonyl (C=O) groups excluding carboxylic acids is 2. The van der Waals surface area contributed by atoms with E-state index in [1.165, 1.54) is 24.3 Å². The Morgan fingerprint density at radius 2 is 1.91 bits per heavy atom. The number of methoxy groups -OCH3 is 1. The van der Waals surface area contributed by atoms with Crippen molar-refractivity contribution >= 4 is 17.4 Å². The number of nitrogens with zero attached hydrogens (tertiary/aromatic N) is 1. The van der Waals surface area contributed by atoms with Crippen LogP contribution in [0.5, 0.6) is 11.5 Å². The van der Waals surface area contributed by atoms with Gasteiger partial charge < -0.3 is 24.3 Å². The van der Waals surface area contributed by atoms with Crippen LogP contribution in [0.4, 0.5) is 0 Å². The van der Waals surface area contributed by atoms with E-state index in [0.29, 0.717) is 16.9 Å². The number of likely N-dealkylation sites (tertiary alicyclic amines) is 1. The number of Topliss-reactive ketones (excluding diaryl/α,β-unsaturated/α-hetero) is 1. The van der Waals surface area contributed by atoms with E-state index in [1.807, 2.05) is 26.0 Å². The number of ether oxygens (including phenoxy) is 1. The number of aryl methyl sites for hydroxylation is 2. The van der Waals surface area contributed by atoms with Crippen LogP contribution < -0.4 is 4.74 Å². The van der Waals surface area contributed by atoms with Crippen LogP contribution in [0.25, 0.3) is 5.76 Å². The number of phenolic OH excluding ortho intramolecular Hbond substituents is 1. The SMILES string of the molecule is COc1cc(C2C(=C(O)c3cc(C)ccc3C)C(=O)C(=O)N2Cc2ccco2)ccc1O. The van der Waals surface area contributed by atoms with Gasteiger partial charge in [0.2, 0.25) is 0 Å². The minimum absolute atomic E-state index is 0.0250. The van der Waals surface area contributed by atoms with Crippen molar-refractivity contribution in [3.63, 3.8) is 0 Å². The van der Waals surface area contributed by atoms with E-state index >= 15 is 0 Å². The van der Waals surface area contributed by atoms with Gasteiger partial charge in [-0.3, -0.25) is 9.59 Å². The predicted molar refractivity (Wildman–Crippen MR) is 117 cm³/mol. The lowest BCUT2D eigenvalue weighted by molar-refractivity contribution is -0.140. The summed E-state index contributed by atoms with van der Waals surface area (Å²) < 4.78 is 10.6. The molecule has 0 saturated carbocycles. The highest BCUT2D eigenvalue weighted by molar-refractivity contribution is 6.46. The number of aliphatic hydroxyl groups excluding tert-OH is 1. The minimum Gasteiger partial charge on any atom is -0.507 e. The number of aliphatic hydroxyl groups is 1. The van der Waals surface area contributed by atoms with Gasteiger partial charge in [-0.2, -0.15) is 0 Å². The van der Waals surface area contributed by atoms with Crippen LogP contribution in [-0.2, 0) is 16.1 Å². The summed E-state index contributed by atoms with van der Waals surface area (Å²) in [4.78, 5) is 27.5. The summed E-state index contributed by atoms with van der Waals surface area (Å²) in [5, 5.41) is 21.3. The summed E-state index contributed by atoms with van der Waals surface area (Å²) in [6, 6.07) is 12.6. The Morgan fingerprint density at radius 3 is 2.59 bits per heavy atom. The van der Waals surface area contributed by atoms with Crippen molar-refractivity contribution in [1.82, 2.24) is 4.90 Å². The Hall–Kier alpha value is -4.00. The summed E-state index contributed by atoms with van der Waals surface area (Å²) in [7, 11) is 1.41. The topological polar surface area (TPSA) is 100 Å². The van der Waals surface area contributed by atoms with Gasteiger partial charge in [0.25, 0.3) is 11.7 Å². The van der Waals surface area contributed by atoms with Crippen LogP contribution >= 0.6 is 0 Å². The van der Waals surface area contributed by atoms with Crippen molar-refractivity contribution in [2.45, 2.75) is 26.4 Å². The van der Waals surface area contributed by atoms with E-state index < -0.39 is 17.7 Å². The third kappa shape index (κ3) is 3.62. The number of hydrogen-bond acceptors (Lipinski definition) is 6. The third-order valence-corrected chi connectivity index (χ3v) is 5.61. The van der Waals surface area contributed by atoms with Crippen LogP contribution in [0.15, 0.2) is 64.8 Å². The second-order valence-electron chi connectivity index (χ2n) is 7.76. The van der Waals surface area contributed by atoms with Gasteiger partial charge in [-0.1, -0.05) is 23.8 Å². The first-order chi connectivity index (χ1) is 15.3. The number of carbonyl (C=O) groups is 2. The van der Waals surface area contributed by atoms with Gasteiger partial charge >= 0.3 is 0 Å². The minimum atomic E-state index is -0.894. The fraction of sp³-hybridized carbons (Fsp3) is 0.200. The normalized spacial score (nSPS) is 17.7. The number of amides is 1. The number of furan rings is 1. The molecule has 0 aliphatic carbocycles. The zero-order valence-corrected chi connectivity index (χ0v) is 18.0. The molecule has 32 heavy (non-hydrogen) atoms. The van der Waals surface area contributed by atoms with Gasteiger partial charge in [-0.25, -0.2) is 0 Å². The van der Waals surface area contributed by atoms with Crippen LogP contribution in [0.3, 0.4) is 0 Å². The first-order valence-corrected chi connectivity index (χ1v) is 10.1. The summed E-state index contributed by atoms with van der Waals surface area (Å²) in [6.45, 7) is 3.75. The zero-order valence-electron chi connectivity index (χ0n) is 18.0. The molecule has 2 aromatic carbocycles. The molecule has 1 saturated heterocycles. The molecule has 1 amide bonds. The van der Waals surface area contributed by atoms with Crippen LogP contribution in [0.1, 0.15) is 34.1 Å². The Bertz CT molecular complexity index is 1230. The number of hydrogen-bond donors (Lipinski definition) is 2. The second-order valence-corrected chi connectivity index (χ2v) is 7.76. The summed E-state index contributed by atoms with van der Waals surface area (Å²) in [5.74, 6) is -1.17. The molecule has 3 aromatic rings. The number of ketones is 1. The molecule has 4 rings (SSSR count). The molecule has 1 aliphatic rings. The van der Waals surface area contributed by atoms with E-state index in [2.05, 4.69) is 0 Å². The molecule has 164 valence electrons. The summed E-state index contributed by atoms with van der Waals surface area (Å²) >= 11 is 0. The fourth-order valence-electron chi connectivity index (χ4n) is 3.96. The lowest BCUT2D eigenvalue weighted by Gasteiger charge is -2.25. The first-order valence-electron chi connectivity index (χ1n) is 10.1. The second kappa shape index (κ2) is 8.26. The van der Waals surface area contributed by atoms with Crippen molar-refractivity contribution in [2.24, 2.45) is 0 Å². The predicted octanol–water partition coefficient (Wildman–Crippen LogP) is 4.23. The number of benzene rings is 2. The van der Waals surface area contributed by atoms with Crippen molar-refractivity contribution in [3.8, 4) is 11.5 Å². The molecule has 1 unspecified atom stereocenters. The Labute approximate surface area is 185 Å². The van der Waals surface area contributed by atoms with Crippen molar-refractivity contribution in [2.75, 3.05) is 7.11 Å². The molecular formula is C25H23NO6. The van der Waals surface area contributed by atoms with Gasteiger partial charge in [0, 0.05) is 5.56 Å². The van der Waals surface area contributed by atoms with E-state index in [1.54, 1.807) is 30.3 Å². The first kappa shape index (κ1) is 21.2. The van der Waals surface area contributed by atoms with Crippen molar-refractivity contribution < 1.29 is 29.0 Å². The highest BCUT2D eigenvalue weighted by atomic mass is 16.5. The molecule has 2 N–H and O–H groups in total. The largest absolute Gasteiger partial charge is 0.507 e. The zero-order chi connectivity index (χ0) is 23.0. The van der Waals surface area contributed by atoms with Gasteiger partial charge in [0.1, 0.15) is 11.5 Å². The number of phenols is 1. The average Bonchev–Trinajstić information content (AvgIpc) is 3.38. The maximum Gasteiger partial charge on any atom is 0.296 e. The van der Waals surface area contributed by atoms with Crippen molar-refractivity contribution in [3.05, 3.63) is 88.4 Å². The lowest BCUT2D eigenvalue weighted by atomic mass is 9.93. The number of rotatable bonds is 5. The molecule has 0 radical (unpaired) electrons. The quantitative estimate of drug-likeness (QED) is 0.355. The molecule has 1 aliphatic heterocycles. The van der Waals surface area contributed by atoms with Gasteiger partial charge in [0.05, 0.1) is 31.5 Å². The molecule has 2 heterocycles. The molecule has 7 nitrogen and oxygen atoms in total. The Kier molecular flexibility index (Phi) is 5.48. The smallest absolute Gasteiger partial charge is 0.296 e. The molecule has 0 bridgehead atoms. The van der Waals surface area contributed by atoms with Crippen LogP contribution in [0, 0.1) is 13.8 Å². The maximum absolute atomic E-state index is 13.1. The lowest BCUT2D eigenvalue weighted by Crippen LogP contribution is -2.29. The molecule has 7 heteroatoms. The van der Waals surface area contributed by atoms with Gasteiger partial charge in [0.15, 0.2) is 11.5 Å². The third-order valence-electron chi connectivity index (χ3n) is 5.61. The van der Waals surface area contributed by atoms with E-state index in [0.717, 1.165) is 11.1 Å². The molecule has 0 spiro atoms. The standard InChI is InChI=1S/C25H23NO6/c1-14-6-7-15(2)18(11-14)23(28)21-22(16-8-9-19(27)20(12-16)31-3)26(25(30)24(21)29)13-17-5-4-10-32-17/h4-12,22,27-28H,13H2,1-3H3. The Morgan fingerprint density at radius 1 is 1.12 bits per heavy atom. The van der Waals surface area contributed by atoms with E-state index in [4.69, 9.17) is 9.15 Å². The number of aromatic hydroxyl groups is 1. The van der Waals surface area contributed by atoms with Gasteiger partial charge in [-0.15, -0.1) is 0 Å². The molecule has 1 fully saturated rings. The fourth-order valence-corrected chi connectivity index (χ4v) is 3.96. The van der Waals surface area contributed by atoms with Crippen LogP contribution in [0.2, 0.25) is 0 Å². The molecule has 1 aromatic heterocycles. The average molecular weight is 433 g/mol. The van der Waals surface area contributed by atoms with E-state index in [9.17, 15) is 19.8 Å². The monoisotopic (exact) mass is 433 g/mol. The van der Waals surface area contributed by atoms with Gasteiger partial charge in [-0.05, 0) is 55.3 Å². The highest BCUT2D eigenvalue weighted by Gasteiger charge is 2.46. The van der Waals surface area contributed by atoms with Crippen LogP contribution in [-0.4, -0.2) is 33.9 Å². The van der Waals surface area contributed by atoms with E-state index in [-0.39, 0.29) is 29.4 Å². The molecular weight excluding hydrogens is 410 g/mol. The summed E-state index contributed by atoms with van der Waals surface area (Å²) in [5.41, 5.74) is 2.65.